The second-order valence-corrected chi connectivity index (χ2v) is 5.84. The normalized spacial score (nSPS) is 14.8. The molecule has 122 valence electrons. The van der Waals surface area contributed by atoms with Gasteiger partial charge in [-0.05, 0) is 24.5 Å². The third-order valence-corrected chi connectivity index (χ3v) is 4.17. The van der Waals surface area contributed by atoms with Gasteiger partial charge in [-0.15, -0.1) is 0 Å². The van der Waals surface area contributed by atoms with Crippen molar-refractivity contribution in [3.05, 3.63) is 71.8 Å². The van der Waals surface area contributed by atoms with E-state index in [0.717, 1.165) is 11.1 Å². The minimum atomic E-state index is -0.742. The van der Waals surface area contributed by atoms with Gasteiger partial charge in [0.2, 0.25) is 5.91 Å². The van der Waals surface area contributed by atoms with Gasteiger partial charge in [0, 0.05) is 7.05 Å². The summed E-state index contributed by atoms with van der Waals surface area (Å²) < 4.78 is 0. The fraction of sp³-hybridized carbons (Fsp3) is 0.316. The molecule has 0 aliphatic heterocycles. The largest absolute Gasteiger partial charge is 0.386 e. The molecule has 0 bridgehead atoms. The Bertz CT molecular complexity index is 616. The average Bonchev–Trinajstić information content (AvgIpc) is 2.60. The molecule has 0 aliphatic carbocycles. The molecule has 0 radical (unpaired) electrons. The van der Waals surface area contributed by atoms with E-state index in [4.69, 9.17) is 5.73 Å². The van der Waals surface area contributed by atoms with Crippen molar-refractivity contribution in [3.8, 4) is 0 Å². The SMILES string of the molecule is C[C@@H]([C@@H](O)c1ccccc1)N(C)C(=O)C(N)Cc1ccccc1. The maximum atomic E-state index is 12.5. The van der Waals surface area contributed by atoms with Gasteiger partial charge in [-0.3, -0.25) is 4.79 Å². The molecule has 4 nitrogen and oxygen atoms in total. The van der Waals surface area contributed by atoms with Crippen LogP contribution in [0.3, 0.4) is 0 Å². The van der Waals surface area contributed by atoms with Gasteiger partial charge in [0.1, 0.15) is 0 Å². The van der Waals surface area contributed by atoms with Crippen LogP contribution in [-0.2, 0) is 11.2 Å². The quantitative estimate of drug-likeness (QED) is 0.859. The van der Waals surface area contributed by atoms with E-state index < -0.39 is 12.1 Å². The first-order chi connectivity index (χ1) is 11.0. The summed E-state index contributed by atoms with van der Waals surface area (Å²) in [7, 11) is 1.68. The van der Waals surface area contributed by atoms with Crippen LogP contribution in [0.2, 0.25) is 0 Å². The van der Waals surface area contributed by atoms with Crippen molar-refractivity contribution in [1.29, 1.82) is 0 Å². The van der Waals surface area contributed by atoms with E-state index in [1.54, 1.807) is 7.05 Å². The fourth-order valence-corrected chi connectivity index (χ4v) is 2.56. The molecule has 0 spiro atoms. The molecule has 0 aromatic heterocycles. The molecular formula is C19H24N2O2. The molecular weight excluding hydrogens is 288 g/mol. The average molecular weight is 312 g/mol. The van der Waals surface area contributed by atoms with E-state index in [2.05, 4.69) is 0 Å². The number of hydrogen-bond acceptors (Lipinski definition) is 3. The van der Waals surface area contributed by atoms with Gasteiger partial charge in [0.15, 0.2) is 0 Å². The molecule has 3 atom stereocenters. The number of hydrogen-bond donors (Lipinski definition) is 2. The number of nitrogens with two attached hydrogens (primary N) is 1. The zero-order chi connectivity index (χ0) is 16.8. The summed E-state index contributed by atoms with van der Waals surface area (Å²) in [5, 5.41) is 10.4. The number of likely N-dealkylation sites (N-methyl/N-ethyl adjacent to an activating group) is 1. The Balaban J connectivity index is 2.00. The van der Waals surface area contributed by atoms with Crippen LogP contribution in [-0.4, -0.2) is 35.0 Å². The predicted octanol–water partition coefficient (Wildman–Crippen LogP) is 2.14. The molecule has 0 heterocycles. The lowest BCUT2D eigenvalue weighted by atomic mass is 10.0. The Morgan fingerprint density at radius 1 is 1.09 bits per heavy atom. The Morgan fingerprint density at radius 2 is 1.61 bits per heavy atom. The monoisotopic (exact) mass is 312 g/mol. The highest BCUT2D eigenvalue weighted by atomic mass is 16.3. The van der Waals surface area contributed by atoms with Crippen LogP contribution in [0.15, 0.2) is 60.7 Å². The Kier molecular flexibility index (Phi) is 5.90. The van der Waals surface area contributed by atoms with Crippen molar-refractivity contribution in [2.24, 2.45) is 5.73 Å². The van der Waals surface area contributed by atoms with Gasteiger partial charge in [-0.25, -0.2) is 0 Å². The smallest absolute Gasteiger partial charge is 0.239 e. The van der Waals surface area contributed by atoms with E-state index in [-0.39, 0.29) is 11.9 Å². The molecule has 0 saturated heterocycles. The first kappa shape index (κ1) is 17.2. The van der Waals surface area contributed by atoms with Crippen molar-refractivity contribution in [1.82, 2.24) is 4.90 Å². The highest BCUT2D eigenvalue weighted by Gasteiger charge is 2.27. The Labute approximate surface area is 137 Å². The van der Waals surface area contributed by atoms with Crippen LogP contribution in [0, 0.1) is 0 Å². The summed E-state index contributed by atoms with van der Waals surface area (Å²) in [5.74, 6) is -0.170. The lowest BCUT2D eigenvalue weighted by Crippen LogP contribution is -2.48. The Hall–Kier alpha value is -2.17. The van der Waals surface area contributed by atoms with Crippen LogP contribution in [0.5, 0.6) is 0 Å². The fourth-order valence-electron chi connectivity index (χ4n) is 2.56. The van der Waals surface area contributed by atoms with E-state index in [9.17, 15) is 9.90 Å². The topological polar surface area (TPSA) is 66.6 Å². The minimum absolute atomic E-state index is 0.170. The first-order valence-corrected chi connectivity index (χ1v) is 7.80. The number of carbonyl (C=O) groups is 1. The summed E-state index contributed by atoms with van der Waals surface area (Å²) in [6, 6.07) is 18.1. The summed E-state index contributed by atoms with van der Waals surface area (Å²) >= 11 is 0. The van der Waals surface area contributed by atoms with Crippen molar-refractivity contribution < 1.29 is 9.90 Å². The molecule has 0 saturated carbocycles. The van der Waals surface area contributed by atoms with Gasteiger partial charge >= 0.3 is 0 Å². The maximum Gasteiger partial charge on any atom is 0.239 e. The highest BCUT2D eigenvalue weighted by molar-refractivity contribution is 5.82. The number of aliphatic hydroxyl groups excluding tert-OH is 1. The van der Waals surface area contributed by atoms with Crippen molar-refractivity contribution >= 4 is 5.91 Å². The molecule has 3 N–H and O–H groups in total. The van der Waals surface area contributed by atoms with Crippen LogP contribution < -0.4 is 5.73 Å². The number of benzene rings is 2. The van der Waals surface area contributed by atoms with Crippen molar-refractivity contribution in [2.75, 3.05) is 7.05 Å². The van der Waals surface area contributed by atoms with Crippen LogP contribution >= 0.6 is 0 Å². The predicted molar refractivity (Wildman–Crippen MR) is 91.8 cm³/mol. The number of aliphatic hydroxyl groups is 1. The second kappa shape index (κ2) is 7.90. The first-order valence-electron chi connectivity index (χ1n) is 7.80. The summed E-state index contributed by atoms with van der Waals surface area (Å²) in [6.45, 7) is 1.82. The molecule has 0 fully saturated rings. The molecule has 2 aromatic carbocycles. The third-order valence-electron chi connectivity index (χ3n) is 4.17. The molecule has 1 unspecified atom stereocenters. The zero-order valence-electron chi connectivity index (χ0n) is 13.6. The second-order valence-electron chi connectivity index (χ2n) is 5.84. The van der Waals surface area contributed by atoms with Crippen molar-refractivity contribution in [2.45, 2.75) is 31.5 Å². The van der Waals surface area contributed by atoms with Gasteiger partial charge in [0.25, 0.3) is 0 Å². The number of rotatable bonds is 6. The number of nitrogens with zero attached hydrogens (tertiary/aromatic N) is 1. The van der Waals surface area contributed by atoms with E-state index in [0.29, 0.717) is 6.42 Å². The lowest BCUT2D eigenvalue weighted by Gasteiger charge is -2.31. The van der Waals surface area contributed by atoms with Crippen LogP contribution in [0.4, 0.5) is 0 Å². The van der Waals surface area contributed by atoms with Gasteiger partial charge in [-0.1, -0.05) is 60.7 Å². The summed E-state index contributed by atoms with van der Waals surface area (Å²) in [6.07, 6.45) is -0.257. The standard InChI is InChI=1S/C19H24N2O2/c1-14(18(22)16-11-7-4-8-12-16)21(2)19(23)17(20)13-15-9-5-3-6-10-15/h3-12,14,17-18,22H,13,20H2,1-2H3/t14-,17?,18+/m0/s1. The zero-order valence-corrected chi connectivity index (χ0v) is 13.6. The summed E-state index contributed by atoms with van der Waals surface area (Å²) in [4.78, 5) is 14.0. The van der Waals surface area contributed by atoms with Crippen LogP contribution in [0.25, 0.3) is 0 Å². The number of carbonyl (C=O) groups excluding carboxylic acids is 1. The highest BCUT2D eigenvalue weighted by Crippen LogP contribution is 2.20. The van der Waals surface area contributed by atoms with Gasteiger partial charge in [0.05, 0.1) is 18.2 Å². The molecule has 0 aliphatic rings. The van der Waals surface area contributed by atoms with Gasteiger partial charge < -0.3 is 15.7 Å². The van der Waals surface area contributed by atoms with Crippen LogP contribution in [0.1, 0.15) is 24.2 Å². The van der Waals surface area contributed by atoms with E-state index >= 15 is 0 Å². The third kappa shape index (κ3) is 4.41. The maximum absolute atomic E-state index is 12.5. The lowest BCUT2D eigenvalue weighted by molar-refractivity contribution is -0.135. The molecule has 2 aromatic rings. The van der Waals surface area contributed by atoms with Gasteiger partial charge in [-0.2, -0.15) is 0 Å². The van der Waals surface area contributed by atoms with Crippen molar-refractivity contribution in [3.63, 3.8) is 0 Å². The molecule has 23 heavy (non-hydrogen) atoms. The number of amides is 1. The van der Waals surface area contributed by atoms with E-state index in [1.165, 1.54) is 4.90 Å². The molecule has 4 heteroatoms. The Morgan fingerprint density at radius 3 is 2.17 bits per heavy atom. The minimum Gasteiger partial charge on any atom is -0.386 e. The molecule has 1 amide bonds. The molecule has 2 rings (SSSR count). The van der Waals surface area contributed by atoms with E-state index in [1.807, 2.05) is 67.6 Å². The summed E-state index contributed by atoms with van der Waals surface area (Å²) in [5.41, 5.74) is 7.87.